The van der Waals surface area contributed by atoms with Crippen LogP contribution in [0.4, 0.5) is 0 Å². The molecule has 1 fully saturated rings. The Bertz CT molecular complexity index is 648. The highest BCUT2D eigenvalue weighted by Crippen LogP contribution is 2.44. The first-order valence-electron chi connectivity index (χ1n) is 8.13. The van der Waals surface area contributed by atoms with Gasteiger partial charge in [0.2, 0.25) is 0 Å². The number of likely N-dealkylation sites (N-methyl/N-ethyl adjacent to an activating group) is 1. The van der Waals surface area contributed by atoms with Gasteiger partial charge < -0.3 is 4.98 Å². The van der Waals surface area contributed by atoms with E-state index in [2.05, 4.69) is 47.5 Å². The minimum Gasteiger partial charge on any atom is -0.361 e. The highest BCUT2D eigenvalue weighted by molar-refractivity contribution is 7.98. The van der Waals surface area contributed by atoms with Gasteiger partial charge in [-0.1, -0.05) is 19.1 Å². The number of thioether (sulfide) groups is 1. The van der Waals surface area contributed by atoms with Crippen LogP contribution in [-0.4, -0.2) is 41.0 Å². The van der Waals surface area contributed by atoms with E-state index >= 15 is 0 Å². The van der Waals surface area contributed by atoms with Crippen LogP contribution in [0.3, 0.4) is 0 Å². The van der Waals surface area contributed by atoms with Crippen molar-refractivity contribution < 1.29 is 0 Å². The van der Waals surface area contributed by atoms with E-state index in [9.17, 15) is 0 Å². The van der Waals surface area contributed by atoms with Gasteiger partial charge in [0.05, 0.1) is 0 Å². The number of fused-ring (bicyclic) bond motifs is 2. The zero-order chi connectivity index (χ0) is 14.4. The van der Waals surface area contributed by atoms with Gasteiger partial charge in [0.15, 0.2) is 0 Å². The fraction of sp³-hybridized carbons (Fsp3) is 0.556. The Kier molecular flexibility index (Phi) is 3.50. The Morgan fingerprint density at radius 2 is 2.29 bits per heavy atom. The zero-order valence-corrected chi connectivity index (χ0v) is 13.7. The Labute approximate surface area is 131 Å². The average Bonchev–Trinajstić information content (AvgIpc) is 2.92. The van der Waals surface area contributed by atoms with E-state index in [0.717, 1.165) is 11.8 Å². The van der Waals surface area contributed by atoms with Crippen LogP contribution in [0.2, 0.25) is 0 Å². The molecule has 1 aliphatic heterocycles. The van der Waals surface area contributed by atoms with E-state index in [4.69, 9.17) is 0 Å². The standard InChI is InChI=1S/C18H24N2S/c1-3-20-10-12(11-21-2)7-15-14-5-4-6-16-18(14)13(9-19-16)8-17(15)20/h4-6,9,12,15,17,19H,3,7-8,10-11H2,1-2H3/t12-,15?,17-/m1/s1. The Morgan fingerprint density at radius 1 is 1.38 bits per heavy atom. The van der Waals surface area contributed by atoms with E-state index in [1.165, 1.54) is 48.2 Å². The van der Waals surface area contributed by atoms with Crippen molar-refractivity contribution in [3.05, 3.63) is 35.5 Å². The summed E-state index contributed by atoms with van der Waals surface area (Å²) in [5.41, 5.74) is 4.46. The maximum Gasteiger partial charge on any atom is 0.0459 e. The van der Waals surface area contributed by atoms with Gasteiger partial charge in [0, 0.05) is 35.6 Å². The third-order valence-electron chi connectivity index (χ3n) is 5.47. The number of nitrogens with one attached hydrogen (secondary N) is 1. The molecule has 1 saturated heterocycles. The van der Waals surface area contributed by atoms with Gasteiger partial charge in [0.25, 0.3) is 0 Å². The summed E-state index contributed by atoms with van der Waals surface area (Å²) < 4.78 is 0. The van der Waals surface area contributed by atoms with Crippen LogP contribution < -0.4 is 0 Å². The molecule has 2 heterocycles. The molecule has 3 atom stereocenters. The third-order valence-corrected chi connectivity index (χ3v) is 6.27. The van der Waals surface area contributed by atoms with Crippen molar-refractivity contribution in [3.63, 3.8) is 0 Å². The summed E-state index contributed by atoms with van der Waals surface area (Å²) in [6.07, 6.45) is 7.08. The number of likely N-dealkylation sites (tertiary alicyclic amines) is 1. The molecule has 21 heavy (non-hydrogen) atoms. The van der Waals surface area contributed by atoms with Gasteiger partial charge in [-0.25, -0.2) is 0 Å². The highest BCUT2D eigenvalue weighted by atomic mass is 32.2. The van der Waals surface area contributed by atoms with Gasteiger partial charge in [0.1, 0.15) is 0 Å². The maximum absolute atomic E-state index is 3.48. The Hall–Kier alpha value is -0.930. The van der Waals surface area contributed by atoms with Gasteiger partial charge in [-0.05, 0) is 54.5 Å². The lowest BCUT2D eigenvalue weighted by molar-refractivity contribution is 0.0984. The molecule has 112 valence electrons. The second kappa shape index (κ2) is 5.36. The molecule has 1 aromatic heterocycles. The zero-order valence-electron chi connectivity index (χ0n) is 12.9. The molecule has 0 saturated carbocycles. The summed E-state index contributed by atoms with van der Waals surface area (Å²) in [6.45, 7) is 4.79. The molecule has 2 aliphatic rings. The van der Waals surface area contributed by atoms with Crippen LogP contribution in [0.1, 0.15) is 30.4 Å². The average molecular weight is 300 g/mol. The summed E-state index contributed by atoms with van der Waals surface area (Å²) in [5.74, 6) is 2.87. The van der Waals surface area contributed by atoms with E-state index in [1.54, 1.807) is 5.56 Å². The van der Waals surface area contributed by atoms with Gasteiger partial charge in [-0.15, -0.1) is 0 Å². The first-order valence-corrected chi connectivity index (χ1v) is 9.53. The van der Waals surface area contributed by atoms with E-state index in [0.29, 0.717) is 6.04 Å². The summed E-state index contributed by atoms with van der Waals surface area (Å²) in [5, 5.41) is 1.53. The molecule has 0 radical (unpaired) electrons. The first kappa shape index (κ1) is 13.7. The molecule has 1 N–H and O–H groups in total. The van der Waals surface area contributed by atoms with Crippen LogP contribution >= 0.6 is 11.8 Å². The molecule has 2 nitrogen and oxygen atoms in total. The van der Waals surface area contributed by atoms with Crippen LogP contribution in [0.25, 0.3) is 10.9 Å². The lowest BCUT2D eigenvalue weighted by atomic mass is 9.72. The van der Waals surface area contributed by atoms with Crippen molar-refractivity contribution in [2.24, 2.45) is 5.92 Å². The lowest BCUT2D eigenvalue weighted by Gasteiger charge is -2.47. The molecule has 0 amide bonds. The monoisotopic (exact) mass is 300 g/mol. The van der Waals surface area contributed by atoms with E-state index in [1.807, 2.05) is 11.8 Å². The second-order valence-electron chi connectivity index (χ2n) is 6.61. The van der Waals surface area contributed by atoms with Crippen molar-refractivity contribution in [1.29, 1.82) is 0 Å². The summed E-state index contributed by atoms with van der Waals surface area (Å²) in [6, 6.07) is 7.55. The molecule has 2 aromatic rings. The minimum atomic E-state index is 0.710. The molecule has 0 bridgehead atoms. The number of hydrogen-bond acceptors (Lipinski definition) is 2. The molecular formula is C18H24N2S. The Morgan fingerprint density at radius 3 is 3.10 bits per heavy atom. The van der Waals surface area contributed by atoms with Gasteiger partial charge in [-0.2, -0.15) is 11.8 Å². The Balaban J connectivity index is 1.78. The van der Waals surface area contributed by atoms with Crippen LogP contribution in [-0.2, 0) is 6.42 Å². The number of nitrogens with zero attached hydrogens (tertiary/aromatic N) is 1. The number of rotatable bonds is 3. The number of hydrogen-bond donors (Lipinski definition) is 1. The molecule has 4 rings (SSSR count). The summed E-state index contributed by atoms with van der Waals surface area (Å²) >= 11 is 2.01. The molecule has 3 heteroatoms. The number of aromatic nitrogens is 1. The lowest BCUT2D eigenvalue weighted by Crippen LogP contribution is -2.50. The molecule has 1 aliphatic carbocycles. The van der Waals surface area contributed by atoms with Crippen LogP contribution in [0.5, 0.6) is 0 Å². The van der Waals surface area contributed by atoms with E-state index < -0.39 is 0 Å². The molecule has 0 spiro atoms. The minimum absolute atomic E-state index is 0.710. The second-order valence-corrected chi connectivity index (χ2v) is 7.52. The fourth-order valence-corrected chi connectivity index (χ4v) is 5.33. The highest BCUT2D eigenvalue weighted by Gasteiger charge is 2.39. The number of aromatic amines is 1. The summed E-state index contributed by atoms with van der Waals surface area (Å²) in [4.78, 5) is 6.22. The van der Waals surface area contributed by atoms with Crippen LogP contribution in [0.15, 0.2) is 24.4 Å². The molecule has 1 aromatic carbocycles. The first-order chi connectivity index (χ1) is 10.3. The molecule has 1 unspecified atom stereocenters. The quantitative estimate of drug-likeness (QED) is 0.927. The van der Waals surface area contributed by atoms with Crippen molar-refractivity contribution >= 4 is 22.7 Å². The SMILES string of the molecule is CCN1C[C@H](CSC)CC2c3cccc4[nH]cc(c34)C[C@H]21. The fourth-order valence-electron chi connectivity index (χ4n) is 4.62. The van der Waals surface area contributed by atoms with Crippen molar-refractivity contribution in [2.75, 3.05) is 25.1 Å². The van der Waals surface area contributed by atoms with Gasteiger partial charge in [-0.3, -0.25) is 4.90 Å². The number of piperidine rings is 1. The summed E-state index contributed by atoms with van der Waals surface area (Å²) in [7, 11) is 0. The van der Waals surface area contributed by atoms with Gasteiger partial charge >= 0.3 is 0 Å². The predicted molar refractivity (Wildman–Crippen MR) is 92.3 cm³/mol. The third kappa shape index (κ3) is 2.13. The predicted octanol–water partition coefficient (Wildman–Crippen LogP) is 3.88. The largest absolute Gasteiger partial charge is 0.361 e. The normalized spacial score (nSPS) is 28.8. The number of benzene rings is 1. The smallest absolute Gasteiger partial charge is 0.0459 e. The van der Waals surface area contributed by atoms with Crippen LogP contribution in [0, 0.1) is 5.92 Å². The number of H-pyrrole nitrogens is 1. The topological polar surface area (TPSA) is 19.0 Å². The van der Waals surface area contributed by atoms with Crippen molar-refractivity contribution in [1.82, 2.24) is 9.88 Å². The van der Waals surface area contributed by atoms with E-state index in [-0.39, 0.29) is 0 Å². The van der Waals surface area contributed by atoms with Crippen molar-refractivity contribution in [2.45, 2.75) is 31.7 Å². The van der Waals surface area contributed by atoms with Crippen molar-refractivity contribution in [3.8, 4) is 0 Å². The molecular weight excluding hydrogens is 276 g/mol. The maximum atomic E-state index is 3.48.